The number of likely N-dealkylation sites (tertiary alicyclic amines) is 1. The molecule has 1 saturated heterocycles. The van der Waals surface area contributed by atoms with Crippen LogP contribution in [0.5, 0.6) is 0 Å². The molecule has 0 aliphatic carbocycles. The second kappa shape index (κ2) is 6.44. The van der Waals surface area contributed by atoms with E-state index in [1.54, 1.807) is 6.92 Å². The van der Waals surface area contributed by atoms with Crippen molar-refractivity contribution in [1.82, 2.24) is 10.2 Å². The standard InChI is InChI=1S/C13H18Cl2N2OS/c1-8(11-7-12(14)19-13(11)15)16-10-3-5-17(6-4-10)9(2)18/h7-8,10,16H,3-6H2,1-2H3. The predicted molar refractivity (Wildman–Crippen MR) is 81.2 cm³/mol. The average molecular weight is 321 g/mol. The van der Waals surface area contributed by atoms with E-state index in [0.717, 1.165) is 40.2 Å². The molecule has 1 fully saturated rings. The van der Waals surface area contributed by atoms with E-state index in [4.69, 9.17) is 23.2 Å². The van der Waals surface area contributed by atoms with Crippen molar-refractivity contribution in [2.45, 2.75) is 38.8 Å². The first-order valence-electron chi connectivity index (χ1n) is 6.43. The minimum Gasteiger partial charge on any atom is -0.343 e. The number of thiophene rings is 1. The van der Waals surface area contributed by atoms with E-state index in [1.807, 2.05) is 11.0 Å². The molecule has 1 aromatic rings. The first kappa shape index (κ1) is 15.1. The third kappa shape index (κ3) is 3.85. The zero-order chi connectivity index (χ0) is 14.0. The SMILES string of the molecule is CC(=O)N1CCC(NC(C)c2cc(Cl)sc2Cl)CC1. The van der Waals surface area contributed by atoms with E-state index in [1.165, 1.54) is 11.3 Å². The van der Waals surface area contributed by atoms with Crippen molar-refractivity contribution in [2.24, 2.45) is 0 Å². The molecule has 1 N–H and O–H groups in total. The minimum absolute atomic E-state index is 0.166. The number of nitrogens with one attached hydrogen (secondary N) is 1. The summed E-state index contributed by atoms with van der Waals surface area (Å²) in [6.45, 7) is 5.39. The summed E-state index contributed by atoms with van der Waals surface area (Å²) < 4.78 is 1.48. The maximum absolute atomic E-state index is 11.3. The Morgan fingerprint density at radius 2 is 2.11 bits per heavy atom. The van der Waals surface area contributed by atoms with Gasteiger partial charge in [0.1, 0.15) is 0 Å². The molecule has 2 rings (SSSR count). The monoisotopic (exact) mass is 320 g/mol. The Hall–Kier alpha value is -0.290. The van der Waals surface area contributed by atoms with Crippen molar-refractivity contribution in [3.8, 4) is 0 Å². The predicted octanol–water partition coefficient (Wildman–Crippen LogP) is 3.72. The van der Waals surface area contributed by atoms with Crippen LogP contribution in [0.3, 0.4) is 0 Å². The van der Waals surface area contributed by atoms with Crippen molar-refractivity contribution in [3.05, 3.63) is 20.3 Å². The number of halogens is 2. The molecule has 0 bridgehead atoms. The smallest absolute Gasteiger partial charge is 0.219 e. The molecule has 1 aromatic heterocycles. The van der Waals surface area contributed by atoms with Crippen molar-refractivity contribution >= 4 is 40.4 Å². The van der Waals surface area contributed by atoms with Gasteiger partial charge in [-0.2, -0.15) is 0 Å². The molecule has 0 radical (unpaired) electrons. The number of carbonyl (C=O) groups is 1. The number of hydrogen-bond acceptors (Lipinski definition) is 3. The summed E-state index contributed by atoms with van der Waals surface area (Å²) in [5, 5.41) is 3.57. The summed E-state index contributed by atoms with van der Waals surface area (Å²) in [5.41, 5.74) is 1.06. The fraction of sp³-hybridized carbons (Fsp3) is 0.615. The molecule has 2 heterocycles. The van der Waals surface area contributed by atoms with E-state index in [-0.39, 0.29) is 11.9 Å². The molecule has 19 heavy (non-hydrogen) atoms. The quantitative estimate of drug-likeness (QED) is 0.920. The number of amides is 1. The molecule has 0 saturated carbocycles. The van der Waals surface area contributed by atoms with Gasteiger partial charge in [0.2, 0.25) is 5.91 Å². The third-order valence-corrected chi connectivity index (χ3v) is 5.09. The van der Waals surface area contributed by atoms with Crippen LogP contribution in [0.4, 0.5) is 0 Å². The lowest BCUT2D eigenvalue weighted by Gasteiger charge is -2.33. The lowest BCUT2D eigenvalue weighted by atomic mass is 10.0. The van der Waals surface area contributed by atoms with Crippen LogP contribution in [0.25, 0.3) is 0 Å². The topological polar surface area (TPSA) is 32.3 Å². The van der Waals surface area contributed by atoms with E-state index in [0.29, 0.717) is 6.04 Å². The lowest BCUT2D eigenvalue weighted by Crippen LogP contribution is -2.44. The maximum Gasteiger partial charge on any atom is 0.219 e. The Bertz CT molecular complexity index is 455. The second-order valence-corrected chi connectivity index (χ2v) is 7.23. The van der Waals surface area contributed by atoms with Gasteiger partial charge in [0.05, 0.1) is 8.67 Å². The molecule has 1 aliphatic rings. The van der Waals surface area contributed by atoms with Crippen molar-refractivity contribution < 1.29 is 4.79 Å². The number of carbonyl (C=O) groups excluding carboxylic acids is 1. The number of rotatable bonds is 3. The number of hydrogen-bond donors (Lipinski definition) is 1. The van der Waals surface area contributed by atoms with Gasteiger partial charge in [-0.1, -0.05) is 23.2 Å². The molecule has 0 aromatic carbocycles. The molecule has 1 unspecified atom stereocenters. The Labute approximate surface area is 127 Å². The summed E-state index contributed by atoms with van der Waals surface area (Å²) >= 11 is 13.5. The second-order valence-electron chi connectivity index (χ2n) is 4.95. The molecule has 3 nitrogen and oxygen atoms in total. The summed E-state index contributed by atoms with van der Waals surface area (Å²) in [4.78, 5) is 13.2. The van der Waals surface area contributed by atoms with Gasteiger partial charge >= 0.3 is 0 Å². The number of piperidine rings is 1. The average Bonchev–Trinajstić information content (AvgIpc) is 2.69. The lowest BCUT2D eigenvalue weighted by molar-refractivity contribution is -0.129. The molecule has 1 atom stereocenters. The molecule has 106 valence electrons. The zero-order valence-corrected chi connectivity index (χ0v) is 13.4. The van der Waals surface area contributed by atoms with E-state index >= 15 is 0 Å². The van der Waals surface area contributed by atoms with Crippen LogP contribution < -0.4 is 5.32 Å². The number of nitrogens with zero attached hydrogens (tertiary/aromatic N) is 1. The summed E-state index contributed by atoms with van der Waals surface area (Å²) in [6, 6.07) is 2.54. The van der Waals surface area contributed by atoms with E-state index in [9.17, 15) is 4.79 Å². The molecule has 1 aliphatic heterocycles. The van der Waals surface area contributed by atoms with Crippen LogP contribution in [0.2, 0.25) is 8.67 Å². The summed E-state index contributed by atoms with van der Waals surface area (Å²) in [7, 11) is 0. The highest BCUT2D eigenvalue weighted by Crippen LogP contribution is 2.35. The third-order valence-electron chi connectivity index (χ3n) is 3.58. The van der Waals surface area contributed by atoms with E-state index < -0.39 is 0 Å². The minimum atomic E-state index is 0.166. The van der Waals surface area contributed by atoms with Crippen LogP contribution in [-0.2, 0) is 4.79 Å². The van der Waals surface area contributed by atoms with Crippen LogP contribution in [0.1, 0.15) is 38.3 Å². The Morgan fingerprint density at radius 1 is 1.47 bits per heavy atom. The fourth-order valence-corrected chi connectivity index (χ4v) is 4.10. The Morgan fingerprint density at radius 3 is 2.58 bits per heavy atom. The van der Waals surface area contributed by atoms with Crippen LogP contribution >= 0.6 is 34.5 Å². The molecule has 1 amide bonds. The van der Waals surface area contributed by atoms with Gasteiger partial charge in [-0.15, -0.1) is 11.3 Å². The first-order valence-corrected chi connectivity index (χ1v) is 8.01. The molecular weight excluding hydrogens is 303 g/mol. The van der Waals surface area contributed by atoms with Gasteiger partial charge in [-0.25, -0.2) is 0 Å². The molecule has 0 spiro atoms. The van der Waals surface area contributed by atoms with Gasteiger partial charge in [-0.05, 0) is 31.4 Å². The van der Waals surface area contributed by atoms with Gasteiger partial charge in [-0.3, -0.25) is 4.79 Å². The zero-order valence-electron chi connectivity index (χ0n) is 11.1. The maximum atomic E-state index is 11.3. The summed E-state index contributed by atoms with van der Waals surface area (Å²) in [6.07, 6.45) is 1.97. The van der Waals surface area contributed by atoms with Gasteiger partial charge in [0, 0.05) is 32.1 Å². The van der Waals surface area contributed by atoms with Gasteiger partial charge < -0.3 is 10.2 Å². The molecular formula is C13H18Cl2N2OS. The van der Waals surface area contributed by atoms with Crippen LogP contribution in [0.15, 0.2) is 6.07 Å². The fourth-order valence-electron chi connectivity index (χ4n) is 2.45. The first-order chi connectivity index (χ1) is 8.97. The van der Waals surface area contributed by atoms with Gasteiger partial charge in [0.25, 0.3) is 0 Å². The molecule has 6 heteroatoms. The highest BCUT2D eigenvalue weighted by atomic mass is 35.5. The van der Waals surface area contributed by atoms with E-state index in [2.05, 4.69) is 12.2 Å². The van der Waals surface area contributed by atoms with Crippen LogP contribution in [0, 0.1) is 0 Å². The largest absolute Gasteiger partial charge is 0.343 e. The van der Waals surface area contributed by atoms with Crippen molar-refractivity contribution in [3.63, 3.8) is 0 Å². The summed E-state index contributed by atoms with van der Waals surface area (Å²) in [5.74, 6) is 0.166. The van der Waals surface area contributed by atoms with Crippen molar-refractivity contribution in [2.75, 3.05) is 13.1 Å². The highest BCUT2D eigenvalue weighted by Gasteiger charge is 2.23. The van der Waals surface area contributed by atoms with Crippen molar-refractivity contribution in [1.29, 1.82) is 0 Å². The van der Waals surface area contributed by atoms with Crippen LogP contribution in [-0.4, -0.2) is 29.9 Å². The van der Waals surface area contributed by atoms with Gasteiger partial charge in [0.15, 0.2) is 0 Å². The Kier molecular flexibility index (Phi) is 5.12. The normalized spacial score (nSPS) is 18.6. The highest BCUT2D eigenvalue weighted by molar-refractivity contribution is 7.20. The Balaban J connectivity index is 1.89.